The lowest BCUT2D eigenvalue weighted by Crippen LogP contribution is -2.43. The molecule has 2 fully saturated rings. The number of nitrogens with zero attached hydrogens (tertiary/aromatic N) is 5. The van der Waals surface area contributed by atoms with Crippen molar-refractivity contribution in [2.24, 2.45) is 0 Å². The first kappa shape index (κ1) is 18.4. The van der Waals surface area contributed by atoms with Crippen molar-refractivity contribution in [2.45, 2.75) is 18.9 Å². The minimum atomic E-state index is -0.399. The van der Waals surface area contributed by atoms with Crippen molar-refractivity contribution in [1.29, 1.82) is 5.26 Å². The number of nitriles is 1. The molecule has 1 unspecified atom stereocenters. The minimum absolute atomic E-state index is 0.160. The molecule has 1 N–H and O–H groups in total. The zero-order chi connectivity index (χ0) is 19.3. The topological polar surface area (TPSA) is 77.3 Å². The van der Waals surface area contributed by atoms with Crippen LogP contribution in [0.4, 0.5) is 21.7 Å². The molecule has 3 heterocycles. The highest BCUT2D eigenvalue weighted by molar-refractivity contribution is 5.58. The van der Waals surface area contributed by atoms with Crippen LogP contribution in [0, 0.1) is 17.1 Å². The van der Waals surface area contributed by atoms with E-state index in [0.717, 1.165) is 50.7 Å². The van der Waals surface area contributed by atoms with Crippen LogP contribution in [-0.2, 0) is 4.74 Å². The number of ether oxygens (including phenoxy) is 1. The number of morpholine rings is 1. The Kier molecular flexibility index (Phi) is 5.53. The van der Waals surface area contributed by atoms with E-state index in [1.807, 2.05) is 6.07 Å². The van der Waals surface area contributed by atoms with Crippen molar-refractivity contribution < 1.29 is 9.13 Å². The van der Waals surface area contributed by atoms with Crippen LogP contribution in [0.3, 0.4) is 0 Å². The highest BCUT2D eigenvalue weighted by Crippen LogP contribution is 2.25. The molecule has 0 aliphatic carbocycles. The van der Waals surface area contributed by atoms with Gasteiger partial charge in [0.2, 0.25) is 0 Å². The van der Waals surface area contributed by atoms with Gasteiger partial charge in [0.1, 0.15) is 29.8 Å². The van der Waals surface area contributed by atoms with Crippen LogP contribution in [0.2, 0.25) is 0 Å². The van der Waals surface area contributed by atoms with E-state index in [9.17, 15) is 9.65 Å². The van der Waals surface area contributed by atoms with Gasteiger partial charge in [-0.15, -0.1) is 0 Å². The maximum atomic E-state index is 13.4. The minimum Gasteiger partial charge on any atom is -0.379 e. The molecule has 1 atom stereocenters. The molecule has 0 amide bonds. The Morgan fingerprint density at radius 1 is 1.11 bits per heavy atom. The van der Waals surface area contributed by atoms with Gasteiger partial charge in [0, 0.05) is 38.3 Å². The van der Waals surface area contributed by atoms with E-state index in [1.165, 1.54) is 12.1 Å². The quantitative estimate of drug-likeness (QED) is 0.870. The zero-order valence-electron chi connectivity index (χ0n) is 15.6. The van der Waals surface area contributed by atoms with Crippen molar-refractivity contribution in [3.63, 3.8) is 0 Å². The molecule has 4 rings (SSSR count). The molecule has 1 aromatic carbocycles. The number of piperidine rings is 1. The van der Waals surface area contributed by atoms with Crippen molar-refractivity contribution in [3.05, 3.63) is 42.0 Å². The third-order valence-electron chi connectivity index (χ3n) is 5.18. The molecule has 0 bridgehead atoms. The van der Waals surface area contributed by atoms with E-state index in [1.54, 1.807) is 12.4 Å². The molecule has 0 radical (unpaired) electrons. The number of nitrogens with one attached hydrogen (secondary N) is 1. The molecule has 2 aliphatic heterocycles. The predicted molar refractivity (Wildman–Crippen MR) is 105 cm³/mol. The smallest absolute Gasteiger partial charge is 0.134 e. The number of hydrogen-bond acceptors (Lipinski definition) is 7. The standard InChI is InChI=1S/C20H23FN6O/c21-16-3-4-18(15(10-16)12-22)25-17-2-1-5-27(13-17)20-11-19(23-14-24-20)26-6-8-28-9-7-26/h3-4,10-11,14,17,25H,1-2,5-9,13H2. The molecule has 2 saturated heterocycles. The molecule has 28 heavy (non-hydrogen) atoms. The van der Waals surface area contributed by atoms with Gasteiger partial charge in [-0.05, 0) is 31.0 Å². The Bertz CT molecular complexity index is 864. The third kappa shape index (κ3) is 4.15. The normalized spacial score (nSPS) is 19.9. The summed E-state index contributed by atoms with van der Waals surface area (Å²) in [4.78, 5) is 13.3. The summed E-state index contributed by atoms with van der Waals surface area (Å²) in [7, 11) is 0. The van der Waals surface area contributed by atoms with Gasteiger partial charge in [0.15, 0.2) is 0 Å². The zero-order valence-corrected chi connectivity index (χ0v) is 15.6. The Morgan fingerprint density at radius 2 is 1.89 bits per heavy atom. The number of anilines is 3. The largest absolute Gasteiger partial charge is 0.379 e. The van der Waals surface area contributed by atoms with E-state index < -0.39 is 5.82 Å². The van der Waals surface area contributed by atoms with Crippen LogP contribution in [0.15, 0.2) is 30.6 Å². The summed E-state index contributed by atoms with van der Waals surface area (Å²) in [5.41, 5.74) is 1.00. The van der Waals surface area contributed by atoms with E-state index in [4.69, 9.17) is 4.74 Å². The second-order valence-electron chi connectivity index (χ2n) is 7.07. The van der Waals surface area contributed by atoms with Crippen LogP contribution in [-0.4, -0.2) is 55.4 Å². The SMILES string of the molecule is N#Cc1cc(F)ccc1NC1CCCN(c2cc(N3CCOCC3)ncn2)C1. The highest BCUT2D eigenvalue weighted by atomic mass is 19.1. The Morgan fingerprint density at radius 3 is 2.68 bits per heavy atom. The van der Waals surface area contributed by atoms with E-state index in [0.29, 0.717) is 24.5 Å². The fourth-order valence-corrected chi connectivity index (χ4v) is 3.73. The molecule has 2 aromatic rings. The van der Waals surface area contributed by atoms with Crippen molar-refractivity contribution in [3.8, 4) is 6.07 Å². The lowest BCUT2D eigenvalue weighted by atomic mass is 10.0. The van der Waals surface area contributed by atoms with E-state index in [2.05, 4.69) is 31.2 Å². The molecular weight excluding hydrogens is 359 g/mol. The van der Waals surface area contributed by atoms with Gasteiger partial charge in [-0.3, -0.25) is 0 Å². The third-order valence-corrected chi connectivity index (χ3v) is 5.18. The fraction of sp³-hybridized carbons (Fsp3) is 0.450. The van der Waals surface area contributed by atoms with Gasteiger partial charge in [0.25, 0.3) is 0 Å². The number of aromatic nitrogens is 2. The summed E-state index contributed by atoms with van der Waals surface area (Å²) in [5, 5.41) is 12.7. The summed E-state index contributed by atoms with van der Waals surface area (Å²) in [5.74, 6) is 1.43. The van der Waals surface area contributed by atoms with Crippen molar-refractivity contribution >= 4 is 17.3 Å². The van der Waals surface area contributed by atoms with Gasteiger partial charge in [0.05, 0.1) is 24.5 Å². The highest BCUT2D eigenvalue weighted by Gasteiger charge is 2.23. The van der Waals surface area contributed by atoms with E-state index >= 15 is 0 Å². The number of hydrogen-bond donors (Lipinski definition) is 1. The second kappa shape index (κ2) is 8.40. The summed E-state index contributed by atoms with van der Waals surface area (Å²) < 4.78 is 18.8. The molecule has 2 aliphatic rings. The first-order valence-corrected chi connectivity index (χ1v) is 9.59. The van der Waals surface area contributed by atoms with Gasteiger partial charge >= 0.3 is 0 Å². The lowest BCUT2D eigenvalue weighted by Gasteiger charge is -2.35. The summed E-state index contributed by atoms with van der Waals surface area (Å²) >= 11 is 0. The molecule has 0 spiro atoms. The monoisotopic (exact) mass is 382 g/mol. The Hall–Kier alpha value is -2.92. The van der Waals surface area contributed by atoms with Crippen LogP contribution in [0.5, 0.6) is 0 Å². The maximum absolute atomic E-state index is 13.4. The fourth-order valence-electron chi connectivity index (χ4n) is 3.73. The van der Waals surface area contributed by atoms with Crippen LogP contribution < -0.4 is 15.1 Å². The Labute approximate surface area is 163 Å². The van der Waals surface area contributed by atoms with Crippen LogP contribution in [0.1, 0.15) is 18.4 Å². The first-order chi connectivity index (χ1) is 13.7. The molecule has 7 nitrogen and oxygen atoms in total. The summed E-state index contributed by atoms with van der Waals surface area (Å²) in [6.07, 6.45) is 3.61. The Balaban J connectivity index is 1.46. The average Bonchev–Trinajstić information content (AvgIpc) is 2.76. The van der Waals surface area contributed by atoms with Gasteiger partial charge in [-0.1, -0.05) is 0 Å². The van der Waals surface area contributed by atoms with Crippen LogP contribution in [0.25, 0.3) is 0 Å². The molecule has 146 valence electrons. The maximum Gasteiger partial charge on any atom is 0.134 e. The average molecular weight is 382 g/mol. The predicted octanol–water partition coefficient (Wildman–Crippen LogP) is 2.40. The molecule has 0 saturated carbocycles. The molecular formula is C20H23FN6O. The van der Waals surface area contributed by atoms with E-state index in [-0.39, 0.29) is 6.04 Å². The summed E-state index contributed by atoms with van der Waals surface area (Å²) in [6, 6.07) is 8.53. The summed E-state index contributed by atoms with van der Waals surface area (Å²) in [6.45, 7) is 4.79. The number of benzene rings is 1. The van der Waals surface area contributed by atoms with Gasteiger partial charge < -0.3 is 19.9 Å². The molecule has 1 aromatic heterocycles. The number of rotatable bonds is 4. The van der Waals surface area contributed by atoms with Gasteiger partial charge in [-0.25, -0.2) is 14.4 Å². The lowest BCUT2D eigenvalue weighted by molar-refractivity contribution is 0.122. The number of halogens is 1. The molecule has 8 heteroatoms. The van der Waals surface area contributed by atoms with Crippen molar-refractivity contribution in [1.82, 2.24) is 9.97 Å². The second-order valence-corrected chi connectivity index (χ2v) is 7.07. The van der Waals surface area contributed by atoms with Crippen molar-refractivity contribution in [2.75, 3.05) is 54.5 Å². The first-order valence-electron chi connectivity index (χ1n) is 9.59. The van der Waals surface area contributed by atoms with Crippen LogP contribution >= 0.6 is 0 Å². The van der Waals surface area contributed by atoms with Gasteiger partial charge in [-0.2, -0.15) is 5.26 Å².